The SMILES string of the molecule is O=C(CCN1C(=O)NC2(CCCCC2)C1=O)OCC(=O)N1c2ccccc2NC(=O)C12CCCC2. The van der Waals surface area contributed by atoms with Crippen LogP contribution in [-0.4, -0.2) is 58.9 Å². The van der Waals surface area contributed by atoms with Gasteiger partial charge >= 0.3 is 12.0 Å². The monoisotopic (exact) mass is 482 g/mol. The molecule has 0 unspecified atom stereocenters. The van der Waals surface area contributed by atoms with Gasteiger partial charge in [0.1, 0.15) is 11.1 Å². The normalized spacial score (nSPS) is 22.2. The number of carbonyl (C=O) groups excluding carboxylic acids is 5. The minimum Gasteiger partial charge on any atom is -0.455 e. The third-order valence-electron chi connectivity index (χ3n) is 7.77. The molecule has 4 aliphatic rings. The molecule has 1 aromatic rings. The standard InChI is InChI=1S/C25H30N4O6/c30-19(29-18-9-3-2-8-17(18)26-21(32)25(29)13-6-7-14-25)16-35-20(31)10-15-28-22(33)24(27-23(28)34)11-4-1-5-12-24/h2-3,8-9H,1,4-7,10-16H2,(H,26,32)(H,27,34). The van der Waals surface area contributed by atoms with Crippen LogP contribution in [0.4, 0.5) is 16.2 Å². The molecule has 2 aliphatic heterocycles. The maximum absolute atomic E-state index is 13.3. The summed E-state index contributed by atoms with van der Waals surface area (Å²) in [6.07, 6.45) is 6.55. The number of ether oxygens (including phenoxy) is 1. The Hall–Kier alpha value is -3.43. The van der Waals surface area contributed by atoms with Gasteiger partial charge in [0.15, 0.2) is 6.61 Å². The van der Waals surface area contributed by atoms with Crippen LogP contribution in [0.5, 0.6) is 0 Å². The molecule has 0 atom stereocenters. The molecule has 2 aliphatic carbocycles. The minimum absolute atomic E-state index is 0.0989. The Balaban J connectivity index is 1.21. The molecular weight excluding hydrogens is 452 g/mol. The van der Waals surface area contributed by atoms with Gasteiger partial charge in [-0.25, -0.2) is 4.79 Å². The Bertz CT molecular complexity index is 1070. The first kappa shape index (κ1) is 23.3. The molecule has 0 radical (unpaired) electrons. The number of hydrogen-bond donors (Lipinski definition) is 2. The highest BCUT2D eigenvalue weighted by atomic mass is 16.5. The zero-order valence-corrected chi connectivity index (χ0v) is 19.6. The second-order valence-electron chi connectivity index (χ2n) is 9.88. The average molecular weight is 483 g/mol. The van der Waals surface area contributed by atoms with E-state index in [4.69, 9.17) is 4.74 Å². The third-order valence-corrected chi connectivity index (χ3v) is 7.77. The van der Waals surface area contributed by atoms with Crippen LogP contribution >= 0.6 is 0 Å². The summed E-state index contributed by atoms with van der Waals surface area (Å²) in [6, 6.07) is 6.59. The largest absolute Gasteiger partial charge is 0.455 e. The van der Waals surface area contributed by atoms with E-state index in [2.05, 4.69) is 10.6 Å². The van der Waals surface area contributed by atoms with Gasteiger partial charge in [-0.1, -0.05) is 44.2 Å². The highest BCUT2D eigenvalue weighted by molar-refractivity contribution is 6.15. The lowest BCUT2D eigenvalue weighted by Crippen LogP contribution is -2.61. The van der Waals surface area contributed by atoms with E-state index in [1.807, 2.05) is 0 Å². The van der Waals surface area contributed by atoms with Gasteiger partial charge in [-0.2, -0.15) is 0 Å². The Morgan fingerprint density at radius 1 is 0.943 bits per heavy atom. The molecule has 2 saturated carbocycles. The van der Waals surface area contributed by atoms with E-state index >= 15 is 0 Å². The molecule has 5 amide bonds. The first-order valence-corrected chi connectivity index (χ1v) is 12.4. The molecule has 2 heterocycles. The summed E-state index contributed by atoms with van der Waals surface area (Å²) < 4.78 is 5.25. The molecule has 0 aromatic heterocycles. The number of fused-ring (bicyclic) bond motifs is 1. The van der Waals surface area contributed by atoms with Crippen molar-refractivity contribution in [2.24, 2.45) is 0 Å². The number of urea groups is 1. The van der Waals surface area contributed by atoms with Gasteiger partial charge in [0, 0.05) is 6.54 Å². The predicted octanol–water partition coefficient (Wildman–Crippen LogP) is 2.47. The number of imide groups is 1. The van der Waals surface area contributed by atoms with Crippen LogP contribution in [0.1, 0.15) is 64.2 Å². The number of carbonyl (C=O) groups is 5. The van der Waals surface area contributed by atoms with Crippen LogP contribution in [0.2, 0.25) is 0 Å². The molecule has 35 heavy (non-hydrogen) atoms. The molecule has 1 aromatic carbocycles. The van der Waals surface area contributed by atoms with Crippen LogP contribution in [0.25, 0.3) is 0 Å². The molecule has 10 nitrogen and oxygen atoms in total. The van der Waals surface area contributed by atoms with Crippen molar-refractivity contribution in [1.82, 2.24) is 10.2 Å². The quantitative estimate of drug-likeness (QED) is 0.491. The summed E-state index contributed by atoms with van der Waals surface area (Å²) >= 11 is 0. The number of anilines is 2. The van der Waals surface area contributed by atoms with E-state index in [0.29, 0.717) is 37.1 Å². The van der Waals surface area contributed by atoms with Crippen LogP contribution in [-0.2, 0) is 23.9 Å². The molecule has 0 bridgehead atoms. The zero-order valence-electron chi connectivity index (χ0n) is 19.6. The van der Waals surface area contributed by atoms with E-state index in [1.165, 1.54) is 4.90 Å². The zero-order chi connectivity index (χ0) is 24.6. The molecule has 2 spiro atoms. The number of rotatable bonds is 5. The lowest BCUT2D eigenvalue weighted by atomic mass is 9.82. The summed E-state index contributed by atoms with van der Waals surface area (Å²) in [5.74, 6) is -1.66. The summed E-state index contributed by atoms with van der Waals surface area (Å²) in [5.41, 5.74) is -0.684. The van der Waals surface area contributed by atoms with E-state index in [1.54, 1.807) is 24.3 Å². The highest BCUT2D eigenvalue weighted by Gasteiger charge is 2.53. The van der Waals surface area contributed by atoms with E-state index < -0.39 is 35.6 Å². The van der Waals surface area contributed by atoms with Crippen molar-refractivity contribution in [3.63, 3.8) is 0 Å². The van der Waals surface area contributed by atoms with Crippen LogP contribution < -0.4 is 15.5 Å². The van der Waals surface area contributed by atoms with Crippen LogP contribution in [0.3, 0.4) is 0 Å². The Kier molecular flexibility index (Phi) is 5.98. The number of benzene rings is 1. The van der Waals surface area contributed by atoms with Crippen LogP contribution in [0.15, 0.2) is 24.3 Å². The van der Waals surface area contributed by atoms with Gasteiger partial charge in [0.05, 0.1) is 17.8 Å². The maximum Gasteiger partial charge on any atom is 0.325 e. The predicted molar refractivity (Wildman–Crippen MR) is 125 cm³/mol. The Morgan fingerprint density at radius 2 is 1.63 bits per heavy atom. The molecule has 3 fully saturated rings. The van der Waals surface area contributed by atoms with Gasteiger partial charge in [-0.15, -0.1) is 0 Å². The first-order valence-electron chi connectivity index (χ1n) is 12.4. The van der Waals surface area contributed by atoms with E-state index in [9.17, 15) is 24.0 Å². The number of amides is 5. The van der Waals surface area contributed by atoms with Crippen molar-refractivity contribution in [1.29, 1.82) is 0 Å². The maximum atomic E-state index is 13.3. The van der Waals surface area contributed by atoms with Crippen molar-refractivity contribution >= 4 is 41.1 Å². The third kappa shape index (κ3) is 3.94. The van der Waals surface area contributed by atoms with Gasteiger partial charge in [-0.3, -0.25) is 29.0 Å². The highest BCUT2D eigenvalue weighted by Crippen LogP contribution is 2.45. The Labute approximate surface area is 203 Å². The fraction of sp³-hybridized carbons (Fsp3) is 0.560. The molecule has 1 saturated heterocycles. The molecule has 2 N–H and O–H groups in total. The minimum atomic E-state index is -0.980. The number of esters is 1. The van der Waals surface area contributed by atoms with Crippen molar-refractivity contribution in [3.8, 4) is 0 Å². The summed E-state index contributed by atoms with van der Waals surface area (Å²) in [7, 11) is 0. The second kappa shape index (κ2) is 8.98. The summed E-state index contributed by atoms with van der Waals surface area (Å²) in [5, 5.41) is 5.72. The summed E-state index contributed by atoms with van der Waals surface area (Å²) in [4.78, 5) is 66.5. The summed E-state index contributed by atoms with van der Waals surface area (Å²) in [6.45, 7) is -0.620. The van der Waals surface area contributed by atoms with Crippen molar-refractivity contribution < 1.29 is 28.7 Å². The van der Waals surface area contributed by atoms with Gasteiger partial charge in [0.2, 0.25) is 0 Å². The number of hydrogen-bond acceptors (Lipinski definition) is 6. The molecular formula is C25H30N4O6. The fourth-order valence-corrected chi connectivity index (χ4v) is 5.98. The molecule has 5 rings (SSSR count). The van der Waals surface area contributed by atoms with Crippen molar-refractivity contribution in [3.05, 3.63) is 24.3 Å². The molecule has 10 heteroatoms. The van der Waals surface area contributed by atoms with Crippen molar-refractivity contribution in [2.45, 2.75) is 75.3 Å². The number of para-hydroxylation sites is 2. The second-order valence-corrected chi connectivity index (χ2v) is 9.88. The van der Waals surface area contributed by atoms with E-state index in [-0.39, 0.29) is 24.8 Å². The van der Waals surface area contributed by atoms with Crippen molar-refractivity contribution in [2.75, 3.05) is 23.4 Å². The van der Waals surface area contributed by atoms with E-state index in [0.717, 1.165) is 37.0 Å². The fourth-order valence-electron chi connectivity index (χ4n) is 5.98. The molecule has 186 valence electrons. The van der Waals surface area contributed by atoms with Gasteiger partial charge in [-0.05, 0) is 37.8 Å². The topological polar surface area (TPSA) is 125 Å². The number of nitrogens with zero attached hydrogens (tertiary/aromatic N) is 2. The number of nitrogens with one attached hydrogen (secondary N) is 2. The Morgan fingerprint density at radius 3 is 2.37 bits per heavy atom. The lowest BCUT2D eigenvalue weighted by Gasteiger charge is -2.44. The first-order chi connectivity index (χ1) is 16.9. The van der Waals surface area contributed by atoms with Gasteiger partial charge in [0.25, 0.3) is 17.7 Å². The van der Waals surface area contributed by atoms with Crippen LogP contribution in [0, 0.1) is 0 Å². The lowest BCUT2D eigenvalue weighted by molar-refractivity contribution is -0.148. The smallest absolute Gasteiger partial charge is 0.325 e. The van der Waals surface area contributed by atoms with Gasteiger partial charge < -0.3 is 15.4 Å². The average Bonchev–Trinajstić information content (AvgIpc) is 3.42.